The lowest BCUT2D eigenvalue weighted by Gasteiger charge is -2.10. The van der Waals surface area contributed by atoms with Crippen LogP contribution in [0.3, 0.4) is 0 Å². The zero-order valence-corrected chi connectivity index (χ0v) is 20.4. The average molecular weight is 575 g/mol. The molecule has 2 amide bonds. The molecule has 0 heterocycles. The molecule has 3 atom stereocenters. The largest absolute Gasteiger partial charge is 0.326 e. The molecule has 1 unspecified atom stereocenters. The Bertz CT molecular complexity index is 1230. The summed E-state index contributed by atoms with van der Waals surface area (Å²) in [4.78, 5) is 25.4. The Kier molecular flexibility index (Phi) is 6.69. The predicted octanol–water partition coefficient (Wildman–Crippen LogP) is 7.45. The van der Waals surface area contributed by atoms with E-state index in [4.69, 9.17) is 34.8 Å². The fraction of sp³-hybridized carbons (Fsp3) is 0.130. The van der Waals surface area contributed by atoms with E-state index >= 15 is 4.39 Å². The van der Waals surface area contributed by atoms with Gasteiger partial charge in [0.1, 0.15) is 5.82 Å². The zero-order chi connectivity index (χ0) is 23.9. The number of nitrogens with one attached hydrogen (secondary N) is 2. The van der Waals surface area contributed by atoms with Crippen molar-refractivity contribution in [2.45, 2.75) is 10.5 Å². The number of benzene rings is 3. The molecule has 1 aliphatic rings. The van der Waals surface area contributed by atoms with Crippen LogP contribution in [0.1, 0.15) is 21.8 Å². The van der Waals surface area contributed by atoms with Gasteiger partial charge in [-0.2, -0.15) is 0 Å². The fourth-order valence-electron chi connectivity index (χ4n) is 3.55. The van der Waals surface area contributed by atoms with E-state index in [1.807, 2.05) is 0 Å². The molecule has 170 valence electrons. The van der Waals surface area contributed by atoms with Gasteiger partial charge in [-0.15, -0.1) is 0 Å². The predicted molar refractivity (Wildman–Crippen MR) is 130 cm³/mol. The molecule has 3 aromatic carbocycles. The Morgan fingerprint density at radius 2 is 1.48 bits per heavy atom. The van der Waals surface area contributed by atoms with Crippen LogP contribution in [0.5, 0.6) is 0 Å². The summed E-state index contributed by atoms with van der Waals surface area (Å²) in [6.07, 6.45) is 0. The molecule has 0 spiro atoms. The van der Waals surface area contributed by atoms with E-state index in [9.17, 15) is 14.0 Å². The van der Waals surface area contributed by atoms with E-state index in [1.165, 1.54) is 48.5 Å². The van der Waals surface area contributed by atoms with Gasteiger partial charge in [0.25, 0.3) is 5.91 Å². The SMILES string of the molecule is O=C(Nc1ccc(F)cc1)c1cc(NC(=O)[C@@H]2C(c3cc(Cl)cc(Cl)c3)[C@]2(F)Br)ccc1Cl. The van der Waals surface area contributed by atoms with Gasteiger partial charge in [0.05, 0.1) is 16.5 Å². The van der Waals surface area contributed by atoms with Gasteiger partial charge in [0.15, 0.2) is 4.58 Å². The first kappa shape index (κ1) is 24.0. The number of alkyl halides is 2. The van der Waals surface area contributed by atoms with Gasteiger partial charge >= 0.3 is 0 Å². The quantitative estimate of drug-likeness (QED) is 0.311. The minimum absolute atomic E-state index is 0.0816. The second-order valence-corrected chi connectivity index (χ2v) is 9.97. The Labute approximate surface area is 211 Å². The van der Waals surface area contributed by atoms with Crippen molar-refractivity contribution in [2.75, 3.05) is 10.6 Å². The summed E-state index contributed by atoms with van der Waals surface area (Å²) in [5.74, 6) is -3.42. The van der Waals surface area contributed by atoms with E-state index in [0.717, 1.165) is 0 Å². The summed E-state index contributed by atoms with van der Waals surface area (Å²) in [6.45, 7) is 0. The molecule has 3 aromatic rings. The van der Waals surface area contributed by atoms with Crippen molar-refractivity contribution >= 4 is 73.9 Å². The van der Waals surface area contributed by atoms with Gasteiger partial charge in [-0.3, -0.25) is 9.59 Å². The second kappa shape index (κ2) is 9.22. The molecule has 2 N–H and O–H groups in total. The molecule has 1 fully saturated rings. The lowest BCUT2D eigenvalue weighted by molar-refractivity contribution is -0.117. The molecule has 0 saturated heterocycles. The topological polar surface area (TPSA) is 58.2 Å². The molecular formula is C23H14BrCl3F2N2O2. The first-order valence-electron chi connectivity index (χ1n) is 9.57. The summed E-state index contributed by atoms with van der Waals surface area (Å²) >= 11 is 21.1. The number of halogens is 6. The standard InChI is InChI=1S/C23H14BrCl3F2N2O2/c24-23(29)19(11-7-12(25)9-13(26)8-11)20(23)22(33)31-16-5-6-18(27)17(10-16)21(32)30-15-3-1-14(28)2-4-15/h1-10,19-20H,(H,30,32)(H,31,33)/t19?,20-,23+/m0/s1. The van der Waals surface area contributed by atoms with E-state index < -0.39 is 34.0 Å². The van der Waals surface area contributed by atoms with Crippen LogP contribution in [-0.2, 0) is 4.79 Å². The first-order valence-corrected chi connectivity index (χ1v) is 11.5. The maximum Gasteiger partial charge on any atom is 0.257 e. The monoisotopic (exact) mass is 572 g/mol. The molecule has 4 rings (SSSR count). The molecular weight excluding hydrogens is 561 g/mol. The van der Waals surface area contributed by atoms with Crippen LogP contribution < -0.4 is 10.6 Å². The van der Waals surface area contributed by atoms with E-state index in [0.29, 0.717) is 21.3 Å². The molecule has 1 aliphatic carbocycles. The zero-order valence-electron chi connectivity index (χ0n) is 16.5. The van der Waals surface area contributed by atoms with Crippen LogP contribution >= 0.6 is 50.7 Å². The van der Waals surface area contributed by atoms with Crippen molar-refractivity contribution in [3.63, 3.8) is 0 Å². The average Bonchev–Trinajstić information content (AvgIpc) is 3.32. The third-order valence-electron chi connectivity index (χ3n) is 5.16. The van der Waals surface area contributed by atoms with Gasteiger partial charge in [0.2, 0.25) is 5.91 Å². The Hall–Kier alpha value is -2.19. The minimum Gasteiger partial charge on any atom is -0.326 e. The summed E-state index contributed by atoms with van der Waals surface area (Å²) < 4.78 is 26.1. The molecule has 0 bridgehead atoms. The van der Waals surface area contributed by atoms with Crippen LogP contribution in [0, 0.1) is 11.7 Å². The number of hydrogen-bond acceptors (Lipinski definition) is 2. The number of rotatable bonds is 5. The van der Waals surface area contributed by atoms with Crippen molar-refractivity contribution in [1.29, 1.82) is 0 Å². The number of anilines is 2. The molecule has 4 nitrogen and oxygen atoms in total. The van der Waals surface area contributed by atoms with Crippen LogP contribution in [-0.4, -0.2) is 16.4 Å². The number of amides is 2. The second-order valence-electron chi connectivity index (χ2n) is 7.48. The highest BCUT2D eigenvalue weighted by Crippen LogP contribution is 2.65. The summed E-state index contributed by atoms with van der Waals surface area (Å²) in [5, 5.41) is 6.03. The fourth-order valence-corrected chi connectivity index (χ4v) is 5.17. The normalized spacial score (nSPS) is 21.4. The maximum atomic E-state index is 15.0. The van der Waals surface area contributed by atoms with Crippen LogP contribution in [0.15, 0.2) is 60.7 Å². The van der Waals surface area contributed by atoms with Crippen LogP contribution in [0.2, 0.25) is 15.1 Å². The lowest BCUT2D eigenvalue weighted by atomic mass is 10.1. The minimum atomic E-state index is -1.97. The third kappa shape index (κ3) is 5.17. The molecule has 10 heteroatoms. The van der Waals surface area contributed by atoms with E-state index in [-0.39, 0.29) is 16.3 Å². The highest BCUT2D eigenvalue weighted by Gasteiger charge is 2.69. The van der Waals surface area contributed by atoms with Gasteiger partial charge in [-0.05, 0) is 82.2 Å². The van der Waals surface area contributed by atoms with E-state index in [1.54, 1.807) is 12.1 Å². The first-order chi connectivity index (χ1) is 15.6. The summed E-state index contributed by atoms with van der Waals surface area (Å²) in [6, 6.07) is 14.2. The lowest BCUT2D eigenvalue weighted by Crippen LogP contribution is -2.18. The smallest absolute Gasteiger partial charge is 0.257 e. The molecule has 0 aliphatic heterocycles. The van der Waals surface area contributed by atoms with Gasteiger partial charge in [-0.1, -0.05) is 34.8 Å². The Balaban J connectivity index is 1.50. The van der Waals surface area contributed by atoms with Crippen molar-refractivity contribution in [2.24, 2.45) is 5.92 Å². The van der Waals surface area contributed by atoms with Gasteiger partial charge < -0.3 is 10.6 Å². The molecule has 0 aromatic heterocycles. The van der Waals surface area contributed by atoms with Crippen molar-refractivity contribution in [1.82, 2.24) is 0 Å². The summed E-state index contributed by atoms with van der Waals surface area (Å²) in [5.41, 5.74) is 1.20. The van der Waals surface area contributed by atoms with Gasteiger partial charge in [-0.25, -0.2) is 8.78 Å². The number of carbonyl (C=O) groups is 2. The summed E-state index contributed by atoms with van der Waals surface area (Å²) in [7, 11) is 0. The molecule has 1 saturated carbocycles. The molecule has 33 heavy (non-hydrogen) atoms. The number of hydrogen-bond donors (Lipinski definition) is 2. The third-order valence-corrected chi connectivity index (χ3v) is 6.91. The van der Waals surface area contributed by atoms with Crippen LogP contribution in [0.4, 0.5) is 20.2 Å². The highest BCUT2D eigenvalue weighted by atomic mass is 79.9. The van der Waals surface area contributed by atoms with Crippen LogP contribution in [0.25, 0.3) is 0 Å². The molecule has 0 radical (unpaired) electrons. The van der Waals surface area contributed by atoms with Crippen molar-refractivity contribution < 1.29 is 18.4 Å². The van der Waals surface area contributed by atoms with Crippen molar-refractivity contribution in [3.8, 4) is 0 Å². The van der Waals surface area contributed by atoms with Gasteiger partial charge in [0, 0.05) is 27.3 Å². The van der Waals surface area contributed by atoms with E-state index in [2.05, 4.69) is 26.6 Å². The maximum absolute atomic E-state index is 15.0. The Morgan fingerprint density at radius 3 is 2.12 bits per heavy atom. The Morgan fingerprint density at radius 1 is 0.879 bits per heavy atom. The highest BCUT2D eigenvalue weighted by molar-refractivity contribution is 9.10. The number of carbonyl (C=O) groups excluding carboxylic acids is 2. The van der Waals surface area contributed by atoms with Crippen molar-refractivity contribution in [3.05, 3.63) is 92.7 Å².